The monoisotopic (exact) mass is 465 g/mol. The Morgan fingerprint density at radius 1 is 0.971 bits per heavy atom. The van der Waals surface area contributed by atoms with Crippen molar-refractivity contribution < 1.29 is 14.2 Å². The van der Waals surface area contributed by atoms with E-state index < -0.39 is 11.0 Å². The van der Waals surface area contributed by atoms with Crippen LogP contribution in [0.2, 0.25) is 0 Å². The fourth-order valence-corrected chi connectivity index (χ4v) is 5.57. The van der Waals surface area contributed by atoms with Crippen molar-refractivity contribution in [3.63, 3.8) is 0 Å². The second-order valence-electron chi connectivity index (χ2n) is 9.36. The van der Waals surface area contributed by atoms with Crippen molar-refractivity contribution in [3.05, 3.63) is 107 Å². The zero-order valence-corrected chi connectivity index (χ0v) is 19.8. The third kappa shape index (κ3) is 3.24. The van der Waals surface area contributed by atoms with Gasteiger partial charge in [-0.25, -0.2) is 0 Å². The number of hydrogen-bond donors (Lipinski definition) is 1. The number of hydrogen-bond acceptors (Lipinski definition) is 6. The summed E-state index contributed by atoms with van der Waals surface area (Å²) in [5.74, 6) is 2.94. The zero-order chi connectivity index (χ0) is 24.0. The van der Waals surface area contributed by atoms with Crippen molar-refractivity contribution in [3.8, 4) is 16.9 Å². The Morgan fingerprint density at radius 3 is 2.71 bits per heavy atom. The Hall–Kier alpha value is -4.06. The maximum atomic E-state index is 6.58. The molecule has 6 heteroatoms. The molecule has 35 heavy (non-hydrogen) atoms. The van der Waals surface area contributed by atoms with Gasteiger partial charge < -0.3 is 19.9 Å². The number of pyridine rings is 1. The van der Waals surface area contributed by atoms with Crippen LogP contribution < -0.4 is 10.5 Å². The number of allylic oxidation sites excluding steroid dienone is 2. The minimum atomic E-state index is -0.744. The number of rotatable bonds is 4. The lowest BCUT2D eigenvalue weighted by Gasteiger charge is -2.46. The number of nitrogens with two attached hydrogens (primary N) is 1. The van der Waals surface area contributed by atoms with Gasteiger partial charge in [-0.15, -0.1) is 0 Å². The SMILES string of the molecule is COc1cncc(-c2cccc(C3(C4(C)C=CC5=C(C4)OCCO5)N=C(N)c4ccccc43)c2)c1. The number of fused-ring (bicyclic) bond motifs is 1. The normalized spacial score (nSPS) is 24.7. The van der Waals surface area contributed by atoms with Crippen molar-refractivity contribution in [2.24, 2.45) is 16.1 Å². The Balaban J connectivity index is 1.56. The van der Waals surface area contributed by atoms with Crippen LogP contribution >= 0.6 is 0 Å². The molecule has 6 nitrogen and oxygen atoms in total. The molecule has 0 bridgehead atoms. The van der Waals surface area contributed by atoms with Gasteiger partial charge in [0.25, 0.3) is 0 Å². The highest BCUT2D eigenvalue weighted by Crippen LogP contribution is 2.57. The molecule has 0 fully saturated rings. The van der Waals surface area contributed by atoms with Gasteiger partial charge in [-0.2, -0.15) is 0 Å². The molecular weight excluding hydrogens is 438 g/mol. The fourth-order valence-electron chi connectivity index (χ4n) is 5.57. The van der Waals surface area contributed by atoms with Crippen LogP contribution in [0.15, 0.2) is 95.7 Å². The summed E-state index contributed by atoms with van der Waals surface area (Å²) >= 11 is 0. The summed E-state index contributed by atoms with van der Waals surface area (Å²) in [6.45, 7) is 3.34. The van der Waals surface area contributed by atoms with E-state index >= 15 is 0 Å². The first-order valence-electron chi connectivity index (χ1n) is 11.8. The molecule has 0 saturated heterocycles. The third-order valence-electron chi connectivity index (χ3n) is 7.29. The predicted octanol–water partition coefficient (Wildman–Crippen LogP) is 4.94. The molecule has 1 aromatic heterocycles. The molecule has 2 aromatic carbocycles. The largest absolute Gasteiger partial charge is 0.495 e. The molecular formula is C29H27N3O3. The Kier molecular flexibility index (Phi) is 4.92. The van der Waals surface area contributed by atoms with Crippen LogP contribution in [0.4, 0.5) is 0 Å². The lowest BCUT2D eigenvalue weighted by Crippen LogP contribution is -2.43. The van der Waals surface area contributed by atoms with Gasteiger partial charge in [0.15, 0.2) is 5.76 Å². The Morgan fingerprint density at radius 2 is 1.83 bits per heavy atom. The van der Waals surface area contributed by atoms with Gasteiger partial charge in [0.2, 0.25) is 0 Å². The van der Waals surface area contributed by atoms with Crippen LogP contribution in [0, 0.1) is 5.41 Å². The van der Waals surface area contributed by atoms with Crippen molar-refractivity contribution in [2.45, 2.75) is 18.9 Å². The van der Waals surface area contributed by atoms with Gasteiger partial charge >= 0.3 is 0 Å². The first-order chi connectivity index (χ1) is 17.0. The lowest BCUT2D eigenvalue weighted by molar-refractivity contribution is 0.0462. The number of methoxy groups -OCH3 is 1. The second-order valence-corrected chi connectivity index (χ2v) is 9.36. The first-order valence-corrected chi connectivity index (χ1v) is 11.8. The molecule has 2 atom stereocenters. The van der Waals surface area contributed by atoms with E-state index in [2.05, 4.69) is 54.4 Å². The van der Waals surface area contributed by atoms with Gasteiger partial charge in [-0.1, -0.05) is 55.5 Å². The molecule has 2 unspecified atom stereocenters. The topological polar surface area (TPSA) is 79.0 Å². The van der Waals surface area contributed by atoms with Gasteiger partial charge in [-0.3, -0.25) is 9.98 Å². The molecule has 2 N–H and O–H groups in total. The van der Waals surface area contributed by atoms with Crippen LogP contribution in [-0.2, 0) is 15.0 Å². The summed E-state index contributed by atoms with van der Waals surface area (Å²) in [5.41, 5.74) is 10.5. The van der Waals surface area contributed by atoms with E-state index in [1.807, 2.05) is 30.5 Å². The quantitative estimate of drug-likeness (QED) is 0.590. The van der Waals surface area contributed by atoms with Crippen molar-refractivity contribution in [1.29, 1.82) is 0 Å². The standard InChI is InChI=1S/C29H27N3O3/c1-28(11-10-25-26(16-28)35-13-12-34-25)29(24-9-4-3-8-23(24)27(30)32-29)21-7-5-6-19(14-21)20-15-22(33-2)18-31-17-20/h3-11,14-15,17-18H,12-13,16H2,1-2H3,(H2,30,32). The summed E-state index contributed by atoms with van der Waals surface area (Å²) in [6.07, 6.45) is 8.44. The van der Waals surface area contributed by atoms with Crippen LogP contribution in [0.5, 0.6) is 5.75 Å². The summed E-state index contributed by atoms with van der Waals surface area (Å²) in [4.78, 5) is 9.60. The number of aliphatic imine (C=N–C) groups is 1. The van der Waals surface area contributed by atoms with Gasteiger partial charge in [0.05, 0.1) is 13.3 Å². The lowest BCUT2D eigenvalue weighted by atomic mass is 9.60. The summed E-state index contributed by atoms with van der Waals surface area (Å²) < 4.78 is 17.3. The maximum absolute atomic E-state index is 6.58. The molecule has 0 amide bonds. The van der Waals surface area contributed by atoms with E-state index in [1.165, 1.54) is 0 Å². The summed E-state index contributed by atoms with van der Waals surface area (Å²) in [5, 5.41) is 0. The molecule has 3 heterocycles. The number of aromatic nitrogens is 1. The average Bonchev–Trinajstić information content (AvgIpc) is 3.23. The number of benzene rings is 2. The summed E-state index contributed by atoms with van der Waals surface area (Å²) in [7, 11) is 1.65. The van der Waals surface area contributed by atoms with Gasteiger partial charge in [-0.05, 0) is 34.9 Å². The van der Waals surface area contributed by atoms with E-state index in [1.54, 1.807) is 13.3 Å². The number of amidine groups is 1. The molecule has 0 saturated carbocycles. The van der Waals surface area contributed by atoms with Crippen LogP contribution in [-0.4, -0.2) is 31.1 Å². The van der Waals surface area contributed by atoms with Gasteiger partial charge in [0.1, 0.15) is 36.1 Å². The number of ether oxygens (including phenoxy) is 3. The predicted molar refractivity (Wildman–Crippen MR) is 135 cm³/mol. The van der Waals surface area contributed by atoms with Crippen LogP contribution in [0.3, 0.4) is 0 Å². The van der Waals surface area contributed by atoms with E-state index in [4.69, 9.17) is 24.9 Å². The zero-order valence-electron chi connectivity index (χ0n) is 19.8. The van der Waals surface area contributed by atoms with E-state index in [9.17, 15) is 0 Å². The minimum Gasteiger partial charge on any atom is -0.495 e. The molecule has 0 radical (unpaired) electrons. The van der Waals surface area contributed by atoms with Crippen molar-refractivity contribution in [1.82, 2.24) is 4.98 Å². The highest BCUT2D eigenvalue weighted by Gasteiger charge is 2.55. The fraction of sp³-hybridized carbons (Fsp3) is 0.241. The van der Waals surface area contributed by atoms with Crippen molar-refractivity contribution in [2.75, 3.05) is 20.3 Å². The number of nitrogens with zero attached hydrogens (tertiary/aromatic N) is 2. The highest BCUT2D eigenvalue weighted by molar-refractivity contribution is 6.02. The molecule has 0 spiro atoms. The summed E-state index contributed by atoms with van der Waals surface area (Å²) in [6, 6.07) is 18.7. The average molecular weight is 466 g/mol. The Labute approximate surface area is 204 Å². The van der Waals surface area contributed by atoms with E-state index in [0.717, 1.165) is 39.3 Å². The van der Waals surface area contributed by atoms with Crippen molar-refractivity contribution >= 4 is 5.84 Å². The molecule has 176 valence electrons. The van der Waals surface area contributed by atoms with Crippen LogP contribution in [0.25, 0.3) is 11.1 Å². The smallest absolute Gasteiger partial charge is 0.156 e. The first kappa shape index (κ1) is 21.5. The highest BCUT2D eigenvalue weighted by atomic mass is 16.6. The third-order valence-corrected chi connectivity index (χ3v) is 7.29. The Bertz CT molecular complexity index is 1410. The second kappa shape index (κ2) is 8.01. The van der Waals surface area contributed by atoms with E-state index in [-0.39, 0.29) is 0 Å². The minimum absolute atomic E-state index is 0.449. The molecule has 1 aliphatic carbocycles. The molecule has 2 aliphatic heterocycles. The van der Waals surface area contributed by atoms with Gasteiger partial charge in [0, 0.05) is 29.2 Å². The van der Waals surface area contributed by atoms with Crippen LogP contribution in [0.1, 0.15) is 30.0 Å². The van der Waals surface area contributed by atoms with E-state index in [0.29, 0.717) is 31.2 Å². The molecule has 6 rings (SSSR count). The molecule has 3 aromatic rings. The maximum Gasteiger partial charge on any atom is 0.156 e. The molecule has 3 aliphatic rings.